The number of carbonyl (C=O) groups is 1. The van der Waals surface area contributed by atoms with Crippen LogP contribution in [0.3, 0.4) is 0 Å². The third-order valence-corrected chi connectivity index (χ3v) is 2.57. The Morgan fingerprint density at radius 3 is 2.60 bits per heavy atom. The summed E-state index contributed by atoms with van der Waals surface area (Å²) < 4.78 is 0. The summed E-state index contributed by atoms with van der Waals surface area (Å²) in [7, 11) is 0. The van der Waals surface area contributed by atoms with Crippen LogP contribution in [0.4, 0.5) is 5.69 Å². The molecule has 0 bridgehead atoms. The van der Waals surface area contributed by atoms with Crippen molar-refractivity contribution in [3.8, 4) is 5.75 Å². The highest BCUT2D eigenvalue weighted by atomic mass is 16.4. The lowest BCUT2D eigenvalue weighted by Crippen LogP contribution is -2.03. The third kappa shape index (κ3) is 2.21. The Labute approximate surface area is 88.3 Å². The molecule has 0 aromatic heterocycles. The summed E-state index contributed by atoms with van der Waals surface area (Å²) >= 11 is 0. The minimum atomic E-state index is -1.16. The number of hydrogen-bond acceptors (Lipinski definition) is 3. The van der Waals surface area contributed by atoms with E-state index in [1.165, 1.54) is 6.07 Å². The number of rotatable bonds is 3. The highest BCUT2D eigenvalue weighted by Crippen LogP contribution is 2.31. The van der Waals surface area contributed by atoms with Crippen LogP contribution < -0.4 is 5.73 Å². The van der Waals surface area contributed by atoms with Crippen LogP contribution in [0.1, 0.15) is 42.1 Å². The van der Waals surface area contributed by atoms with Gasteiger partial charge in [0.25, 0.3) is 0 Å². The van der Waals surface area contributed by atoms with E-state index in [2.05, 4.69) is 0 Å². The number of carboxylic acid groups (broad SMARTS) is 1. The molecule has 0 saturated carbocycles. The maximum Gasteiger partial charge on any atom is 0.339 e. The van der Waals surface area contributed by atoms with Gasteiger partial charge in [0, 0.05) is 0 Å². The number of hydrogen-bond donors (Lipinski definition) is 3. The Bertz CT molecular complexity index is 388. The first-order valence-electron chi connectivity index (χ1n) is 4.83. The fourth-order valence-electron chi connectivity index (χ4n) is 1.36. The molecule has 0 aliphatic heterocycles. The maximum absolute atomic E-state index is 10.8. The molecule has 4 N–H and O–H groups in total. The molecule has 1 atom stereocenters. The zero-order chi connectivity index (χ0) is 11.6. The lowest BCUT2D eigenvalue weighted by molar-refractivity contribution is 0.0693. The summed E-state index contributed by atoms with van der Waals surface area (Å²) in [5.41, 5.74) is 6.36. The van der Waals surface area contributed by atoms with Crippen molar-refractivity contribution >= 4 is 11.7 Å². The molecule has 4 nitrogen and oxygen atoms in total. The van der Waals surface area contributed by atoms with Gasteiger partial charge in [0.15, 0.2) is 5.75 Å². The molecule has 15 heavy (non-hydrogen) atoms. The minimum absolute atomic E-state index is 0.116. The number of aromatic carboxylic acids is 1. The number of nitrogens with two attached hydrogens (primary N) is 1. The second-order valence-electron chi connectivity index (χ2n) is 3.62. The monoisotopic (exact) mass is 209 g/mol. The number of nitrogen functional groups attached to an aromatic ring is 1. The number of phenols is 1. The Kier molecular flexibility index (Phi) is 3.19. The number of anilines is 1. The van der Waals surface area contributed by atoms with Crippen LogP contribution >= 0.6 is 0 Å². The van der Waals surface area contributed by atoms with E-state index in [4.69, 9.17) is 10.8 Å². The number of benzene rings is 1. The van der Waals surface area contributed by atoms with Gasteiger partial charge in [0.05, 0.1) is 5.69 Å². The first-order valence-corrected chi connectivity index (χ1v) is 4.83. The van der Waals surface area contributed by atoms with Crippen molar-refractivity contribution in [2.75, 3.05) is 5.73 Å². The molecule has 4 heteroatoms. The molecule has 0 aliphatic carbocycles. The van der Waals surface area contributed by atoms with Crippen molar-refractivity contribution in [1.82, 2.24) is 0 Å². The fourth-order valence-corrected chi connectivity index (χ4v) is 1.36. The molecular formula is C11H15NO3. The van der Waals surface area contributed by atoms with Crippen LogP contribution in [-0.2, 0) is 0 Å². The highest BCUT2D eigenvalue weighted by Gasteiger charge is 2.15. The summed E-state index contributed by atoms with van der Waals surface area (Å²) in [5.74, 6) is -1.29. The van der Waals surface area contributed by atoms with Crippen molar-refractivity contribution < 1.29 is 15.0 Å². The van der Waals surface area contributed by atoms with Crippen molar-refractivity contribution in [3.05, 3.63) is 23.3 Å². The Morgan fingerprint density at radius 2 is 2.13 bits per heavy atom. The Morgan fingerprint density at radius 1 is 1.53 bits per heavy atom. The van der Waals surface area contributed by atoms with Gasteiger partial charge >= 0.3 is 5.97 Å². The van der Waals surface area contributed by atoms with Gasteiger partial charge in [-0.1, -0.05) is 13.8 Å². The van der Waals surface area contributed by atoms with Gasteiger partial charge in [0.2, 0.25) is 0 Å². The van der Waals surface area contributed by atoms with Crippen LogP contribution in [0, 0.1) is 0 Å². The van der Waals surface area contributed by atoms with Crippen molar-refractivity contribution in [1.29, 1.82) is 0 Å². The SMILES string of the molecule is CC[C@@H](C)c1cc(N)c(O)c(C(=O)O)c1. The molecule has 1 aromatic rings. The van der Waals surface area contributed by atoms with Gasteiger partial charge in [-0.2, -0.15) is 0 Å². The fraction of sp³-hybridized carbons (Fsp3) is 0.364. The predicted octanol–water partition coefficient (Wildman–Crippen LogP) is 2.19. The summed E-state index contributed by atoms with van der Waals surface area (Å²) in [6.45, 7) is 3.99. The normalized spacial score (nSPS) is 12.4. The molecule has 0 unspecified atom stereocenters. The summed E-state index contributed by atoms with van der Waals surface area (Å²) in [6.07, 6.45) is 0.892. The summed E-state index contributed by atoms with van der Waals surface area (Å²) in [6, 6.07) is 3.10. The standard InChI is InChI=1S/C11H15NO3/c1-3-6(2)7-4-8(11(14)15)10(13)9(12)5-7/h4-6,13H,3,12H2,1-2H3,(H,14,15)/t6-/m1/s1. The van der Waals surface area contributed by atoms with E-state index in [1.54, 1.807) is 6.07 Å². The lowest BCUT2D eigenvalue weighted by atomic mass is 9.95. The zero-order valence-corrected chi connectivity index (χ0v) is 8.82. The lowest BCUT2D eigenvalue weighted by Gasteiger charge is -2.12. The van der Waals surface area contributed by atoms with Crippen molar-refractivity contribution in [3.63, 3.8) is 0 Å². The van der Waals surface area contributed by atoms with Crippen LogP contribution in [0.5, 0.6) is 5.75 Å². The Hall–Kier alpha value is -1.71. The van der Waals surface area contributed by atoms with Crippen molar-refractivity contribution in [2.24, 2.45) is 0 Å². The van der Waals surface area contributed by atoms with Crippen LogP contribution in [0.2, 0.25) is 0 Å². The molecule has 0 amide bonds. The average Bonchev–Trinajstić information content (AvgIpc) is 2.20. The second kappa shape index (κ2) is 4.21. The van der Waals surface area contributed by atoms with E-state index in [1.807, 2.05) is 13.8 Å². The van der Waals surface area contributed by atoms with Crippen LogP contribution in [0.15, 0.2) is 12.1 Å². The van der Waals surface area contributed by atoms with E-state index < -0.39 is 5.97 Å². The van der Waals surface area contributed by atoms with Crippen LogP contribution in [-0.4, -0.2) is 16.2 Å². The smallest absolute Gasteiger partial charge is 0.339 e. The van der Waals surface area contributed by atoms with Crippen molar-refractivity contribution in [2.45, 2.75) is 26.2 Å². The quantitative estimate of drug-likeness (QED) is 0.526. The van der Waals surface area contributed by atoms with Gasteiger partial charge in [0.1, 0.15) is 5.56 Å². The summed E-state index contributed by atoms with van der Waals surface area (Å²) in [4.78, 5) is 10.8. The van der Waals surface area contributed by atoms with Gasteiger partial charge in [-0.3, -0.25) is 0 Å². The second-order valence-corrected chi connectivity index (χ2v) is 3.62. The van der Waals surface area contributed by atoms with E-state index in [9.17, 15) is 9.90 Å². The third-order valence-electron chi connectivity index (χ3n) is 2.57. The molecule has 0 heterocycles. The number of aromatic hydroxyl groups is 1. The summed E-state index contributed by atoms with van der Waals surface area (Å²) in [5, 5.41) is 18.3. The van der Waals surface area contributed by atoms with Gasteiger partial charge in [-0.15, -0.1) is 0 Å². The molecular weight excluding hydrogens is 194 g/mol. The van der Waals surface area contributed by atoms with E-state index in [-0.39, 0.29) is 22.9 Å². The largest absolute Gasteiger partial charge is 0.505 e. The molecule has 0 aliphatic rings. The van der Waals surface area contributed by atoms with Gasteiger partial charge in [-0.25, -0.2) is 4.79 Å². The first kappa shape index (κ1) is 11.4. The highest BCUT2D eigenvalue weighted by molar-refractivity contribution is 5.93. The molecule has 0 radical (unpaired) electrons. The first-order chi connectivity index (χ1) is 6.97. The maximum atomic E-state index is 10.8. The molecule has 0 saturated heterocycles. The topological polar surface area (TPSA) is 83.5 Å². The molecule has 0 fully saturated rings. The van der Waals surface area contributed by atoms with Gasteiger partial charge in [-0.05, 0) is 30.0 Å². The molecule has 82 valence electrons. The van der Waals surface area contributed by atoms with Crippen LogP contribution in [0.25, 0.3) is 0 Å². The zero-order valence-electron chi connectivity index (χ0n) is 8.82. The minimum Gasteiger partial charge on any atom is -0.505 e. The number of carboxylic acids is 1. The molecule has 1 aromatic carbocycles. The average molecular weight is 209 g/mol. The molecule has 1 rings (SSSR count). The van der Waals surface area contributed by atoms with E-state index in [0.717, 1.165) is 12.0 Å². The Balaban J connectivity index is 3.29. The molecule has 0 spiro atoms. The predicted molar refractivity (Wildman–Crippen MR) is 58.2 cm³/mol. The van der Waals surface area contributed by atoms with E-state index >= 15 is 0 Å². The van der Waals surface area contributed by atoms with Gasteiger partial charge < -0.3 is 15.9 Å². The van der Waals surface area contributed by atoms with E-state index in [0.29, 0.717) is 0 Å².